The lowest BCUT2D eigenvalue weighted by molar-refractivity contribution is -0.393. The number of non-ortho nitro benzene ring substituents is 2. The third-order valence-electron chi connectivity index (χ3n) is 3.36. The van der Waals surface area contributed by atoms with Crippen LogP contribution in [0.4, 0.5) is 34.1 Å². The highest BCUT2D eigenvalue weighted by atomic mass is 16.6. The molecule has 0 fully saturated rings. The molecule has 0 amide bonds. The summed E-state index contributed by atoms with van der Waals surface area (Å²) in [5, 5.41) is 50.6. The maximum atomic E-state index is 11.0. The van der Waals surface area contributed by atoms with Crippen molar-refractivity contribution in [1.29, 1.82) is 0 Å². The Morgan fingerprint density at radius 2 is 1.00 bits per heavy atom. The first-order chi connectivity index (χ1) is 14.2. The van der Waals surface area contributed by atoms with Crippen LogP contribution in [0.3, 0.4) is 0 Å². The molecule has 0 aliphatic carbocycles. The number of hydrazone groups is 2. The zero-order valence-electron chi connectivity index (χ0n) is 14.6. The Balaban J connectivity index is 2.07. The van der Waals surface area contributed by atoms with Gasteiger partial charge in [0.15, 0.2) is 0 Å². The predicted molar refractivity (Wildman–Crippen MR) is 104 cm³/mol. The van der Waals surface area contributed by atoms with Gasteiger partial charge in [-0.05, 0) is 12.1 Å². The molecule has 0 aliphatic heterocycles. The molecule has 30 heavy (non-hydrogen) atoms. The monoisotopic (exact) mass is 418 g/mol. The van der Waals surface area contributed by atoms with Crippen molar-refractivity contribution in [1.82, 2.24) is 0 Å². The topological polar surface area (TPSA) is 221 Å². The van der Waals surface area contributed by atoms with Gasteiger partial charge >= 0.3 is 11.4 Å². The quantitative estimate of drug-likeness (QED) is 0.344. The van der Waals surface area contributed by atoms with Crippen LogP contribution >= 0.6 is 0 Å². The molecule has 0 unspecified atom stereocenters. The van der Waals surface area contributed by atoms with E-state index in [-0.39, 0.29) is 11.4 Å². The molecule has 2 aromatic carbocycles. The lowest BCUT2D eigenvalue weighted by Crippen LogP contribution is -2.00. The summed E-state index contributed by atoms with van der Waals surface area (Å²) in [5.74, 6) is 0. The van der Waals surface area contributed by atoms with Crippen LogP contribution in [0.25, 0.3) is 0 Å². The standard InChI is InChI=1S/C14H10N8O8/c23-19(24)9-1-3-11(13(7-9)21(27)28)17-15-5-6-16-18-12-4-2-10(20(25)26)8-14(12)22(29)30/h1-8,17-18H. The summed E-state index contributed by atoms with van der Waals surface area (Å²) < 4.78 is 0. The summed E-state index contributed by atoms with van der Waals surface area (Å²) in [7, 11) is 0. The Kier molecular flexibility index (Phi) is 6.57. The zero-order chi connectivity index (χ0) is 22.3. The van der Waals surface area contributed by atoms with Gasteiger partial charge < -0.3 is 0 Å². The van der Waals surface area contributed by atoms with Crippen molar-refractivity contribution < 1.29 is 19.7 Å². The molecule has 0 saturated carbocycles. The maximum absolute atomic E-state index is 11.0. The first kappa shape index (κ1) is 21.3. The SMILES string of the molecule is O=[N+]([O-])c1ccc(NN=CC=NNc2ccc([N+](=O)[O-])cc2[N+](=O)[O-])c([N+](=O)[O-])c1. The second kappa shape index (κ2) is 9.26. The van der Waals surface area contributed by atoms with E-state index in [0.717, 1.165) is 48.8 Å². The summed E-state index contributed by atoms with van der Waals surface area (Å²) in [6.07, 6.45) is 2.07. The predicted octanol–water partition coefficient (Wildman–Crippen LogP) is 2.82. The number of nitro groups is 4. The second-order valence-electron chi connectivity index (χ2n) is 5.21. The van der Waals surface area contributed by atoms with Gasteiger partial charge in [0.2, 0.25) is 0 Å². The number of benzene rings is 2. The van der Waals surface area contributed by atoms with Gasteiger partial charge in [-0.3, -0.25) is 51.3 Å². The van der Waals surface area contributed by atoms with Crippen LogP contribution in [0.1, 0.15) is 0 Å². The van der Waals surface area contributed by atoms with E-state index in [4.69, 9.17) is 0 Å². The van der Waals surface area contributed by atoms with Crippen LogP contribution in [0.5, 0.6) is 0 Å². The zero-order valence-corrected chi connectivity index (χ0v) is 14.6. The lowest BCUT2D eigenvalue weighted by Gasteiger charge is -2.02. The number of hydrogen-bond donors (Lipinski definition) is 2. The molecule has 2 N–H and O–H groups in total. The van der Waals surface area contributed by atoms with Gasteiger partial charge in [-0.1, -0.05) is 0 Å². The number of rotatable bonds is 9. The Morgan fingerprint density at radius 1 is 0.633 bits per heavy atom. The molecule has 2 aromatic rings. The van der Waals surface area contributed by atoms with E-state index in [1.54, 1.807) is 0 Å². The van der Waals surface area contributed by atoms with E-state index in [9.17, 15) is 40.5 Å². The summed E-state index contributed by atoms with van der Waals surface area (Å²) in [4.78, 5) is 40.2. The third-order valence-corrected chi connectivity index (χ3v) is 3.36. The van der Waals surface area contributed by atoms with Crippen molar-refractivity contribution in [2.75, 3.05) is 10.9 Å². The van der Waals surface area contributed by atoms with E-state index in [1.807, 2.05) is 0 Å². The lowest BCUT2D eigenvalue weighted by atomic mass is 10.2. The number of nitrogens with one attached hydrogen (secondary N) is 2. The number of nitrogens with zero attached hydrogens (tertiary/aromatic N) is 6. The van der Waals surface area contributed by atoms with Crippen LogP contribution < -0.4 is 10.9 Å². The van der Waals surface area contributed by atoms with Crippen molar-refractivity contribution >= 4 is 46.6 Å². The Bertz CT molecular complexity index is 998. The summed E-state index contributed by atoms with van der Waals surface area (Å²) in [5.41, 5.74) is 2.32. The fourth-order valence-electron chi connectivity index (χ4n) is 2.04. The summed E-state index contributed by atoms with van der Waals surface area (Å²) in [6.45, 7) is 0. The minimum atomic E-state index is -0.825. The van der Waals surface area contributed by atoms with E-state index in [2.05, 4.69) is 21.1 Å². The molecule has 0 radical (unpaired) electrons. The molecule has 0 atom stereocenters. The fraction of sp³-hybridized carbons (Fsp3) is 0. The first-order valence-electron chi connectivity index (χ1n) is 7.63. The molecular formula is C14H10N8O8. The summed E-state index contributed by atoms with van der Waals surface area (Å²) >= 11 is 0. The minimum absolute atomic E-state index is 0.116. The Labute approximate surface area is 165 Å². The highest BCUT2D eigenvalue weighted by molar-refractivity contribution is 6.16. The van der Waals surface area contributed by atoms with Gasteiger partial charge in [-0.2, -0.15) is 10.2 Å². The van der Waals surface area contributed by atoms with E-state index < -0.39 is 42.4 Å². The van der Waals surface area contributed by atoms with E-state index >= 15 is 0 Å². The van der Waals surface area contributed by atoms with Gasteiger partial charge in [-0.15, -0.1) is 0 Å². The number of nitro benzene ring substituents is 4. The van der Waals surface area contributed by atoms with Crippen molar-refractivity contribution in [3.8, 4) is 0 Å². The largest absolute Gasteiger partial charge is 0.301 e. The first-order valence-corrected chi connectivity index (χ1v) is 7.63. The van der Waals surface area contributed by atoms with Crippen molar-refractivity contribution in [3.63, 3.8) is 0 Å². The normalized spacial score (nSPS) is 10.8. The smallest absolute Gasteiger partial charge is 0.272 e. The molecule has 0 aromatic heterocycles. The van der Waals surface area contributed by atoms with Crippen LogP contribution in [0.15, 0.2) is 46.6 Å². The molecule has 0 saturated heterocycles. The Morgan fingerprint density at radius 3 is 1.30 bits per heavy atom. The Hall–Kier alpha value is -5.02. The average Bonchev–Trinajstić information content (AvgIpc) is 2.70. The molecule has 0 bridgehead atoms. The molecular weight excluding hydrogens is 408 g/mol. The van der Waals surface area contributed by atoms with Gasteiger partial charge in [-0.25, -0.2) is 0 Å². The second-order valence-corrected chi connectivity index (χ2v) is 5.21. The van der Waals surface area contributed by atoms with Crippen LogP contribution in [-0.2, 0) is 0 Å². The highest BCUT2D eigenvalue weighted by Gasteiger charge is 2.20. The fourth-order valence-corrected chi connectivity index (χ4v) is 2.04. The van der Waals surface area contributed by atoms with Crippen molar-refractivity contribution in [2.24, 2.45) is 10.2 Å². The van der Waals surface area contributed by atoms with Crippen LogP contribution in [0.2, 0.25) is 0 Å². The van der Waals surface area contributed by atoms with Crippen molar-refractivity contribution in [2.45, 2.75) is 0 Å². The van der Waals surface area contributed by atoms with E-state index in [1.165, 1.54) is 0 Å². The van der Waals surface area contributed by atoms with Gasteiger partial charge in [0.1, 0.15) is 11.4 Å². The van der Waals surface area contributed by atoms with Crippen LogP contribution in [0, 0.1) is 40.5 Å². The third kappa shape index (κ3) is 5.25. The highest BCUT2D eigenvalue weighted by Crippen LogP contribution is 2.29. The molecule has 0 heterocycles. The molecule has 154 valence electrons. The molecule has 16 heteroatoms. The van der Waals surface area contributed by atoms with Crippen LogP contribution in [-0.4, -0.2) is 32.1 Å². The van der Waals surface area contributed by atoms with E-state index in [0.29, 0.717) is 0 Å². The minimum Gasteiger partial charge on any atom is -0.272 e. The van der Waals surface area contributed by atoms with Crippen molar-refractivity contribution in [3.05, 3.63) is 76.9 Å². The van der Waals surface area contributed by atoms with Gasteiger partial charge in [0, 0.05) is 12.1 Å². The van der Waals surface area contributed by atoms with Gasteiger partial charge in [0.25, 0.3) is 11.4 Å². The molecule has 16 nitrogen and oxygen atoms in total. The molecule has 0 spiro atoms. The molecule has 0 aliphatic rings. The average molecular weight is 418 g/mol. The number of anilines is 2. The maximum Gasteiger partial charge on any atom is 0.301 e. The van der Waals surface area contributed by atoms with Gasteiger partial charge in [0.05, 0.1) is 44.3 Å². The number of hydrogen-bond acceptors (Lipinski definition) is 12. The summed E-state index contributed by atoms with van der Waals surface area (Å²) in [6, 6.07) is 5.83. The molecule has 2 rings (SSSR count).